The van der Waals surface area contributed by atoms with E-state index in [4.69, 9.17) is 5.73 Å². The van der Waals surface area contributed by atoms with Crippen molar-refractivity contribution in [1.29, 1.82) is 0 Å². The normalized spacial score (nSPS) is 46.0. The van der Waals surface area contributed by atoms with Crippen LogP contribution in [0, 0.1) is 11.8 Å². The van der Waals surface area contributed by atoms with Crippen LogP contribution in [0.15, 0.2) is 0 Å². The van der Waals surface area contributed by atoms with Gasteiger partial charge in [0.05, 0.1) is 0 Å². The SMILES string of the molecule is CC1CCCC(N)(CN2CCC3CCCCC32)C1. The van der Waals surface area contributed by atoms with Crippen molar-refractivity contribution >= 4 is 0 Å². The molecule has 4 unspecified atom stereocenters. The maximum atomic E-state index is 6.71. The number of fused-ring (bicyclic) bond motifs is 1. The Bertz CT molecular complexity index is 291. The van der Waals surface area contributed by atoms with E-state index in [1.165, 1.54) is 70.9 Å². The van der Waals surface area contributed by atoms with E-state index in [0.717, 1.165) is 17.9 Å². The molecule has 0 spiro atoms. The number of nitrogens with zero attached hydrogens (tertiary/aromatic N) is 1. The zero-order valence-corrected chi connectivity index (χ0v) is 12.0. The standard InChI is InChI=1S/C16H30N2/c1-13-5-4-9-16(17,11-13)12-18-10-8-14-6-2-3-7-15(14)18/h13-15H,2-12,17H2,1H3. The molecule has 0 amide bonds. The first-order chi connectivity index (χ1) is 8.66. The van der Waals surface area contributed by atoms with Crippen molar-refractivity contribution in [3.05, 3.63) is 0 Å². The van der Waals surface area contributed by atoms with E-state index in [1.807, 2.05) is 0 Å². The summed E-state index contributed by atoms with van der Waals surface area (Å²) in [5.74, 6) is 1.84. The van der Waals surface area contributed by atoms with Crippen LogP contribution in [0.5, 0.6) is 0 Å². The van der Waals surface area contributed by atoms with Crippen molar-refractivity contribution in [2.45, 2.75) is 76.3 Å². The van der Waals surface area contributed by atoms with Crippen molar-refractivity contribution in [1.82, 2.24) is 4.90 Å². The van der Waals surface area contributed by atoms with Gasteiger partial charge in [0.1, 0.15) is 0 Å². The first-order valence-corrected chi connectivity index (χ1v) is 8.19. The van der Waals surface area contributed by atoms with E-state index >= 15 is 0 Å². The van der Waals surface area contributed by atoms with Gasteiger partial charge in [0.25, 0.3) is 0 Å². The predicted octanol–water partition coefficient (Wildman–Crippen LogP) is 3.16. The van der Waals surface area contributed by atoms with Crippen molar-refractivity contribution < 1.29 is 0 Å². The molecule has 2 N–H and O–H groups in total. The Balaban J connectivity index is 1.61. The van der Waals surface area contributed by atoms with E-state index in [0.29, 0.717) is 0 Å². The third-order valence-electron chi connectivity index (χ3n) is 5.77. The molecule has 4 atom stereocenters. The molecule has 0 bridgehead atoms. The van der Waals surface area contributed by atoms with E-state index in [-0.39, 0.29) is 5.54 Å². The average molecular weight is 250 g/mol. The molecule has 0 radical (unpaired) electrons. The monoisotopic (exact) mass is 250 g/mol. The van der Waals surface area contributed by atoms with Crippen molar-refractivity contribution in [2.24, 2.45) is 17.6 Å². The molecule has 104 valence electrons. The zero-order chi connectivity index (χ0) is 12.6. The van der Waals surface area contributed by atoms with Crippen LogP contribution in [-0.4, -0.2) is 29.6 Å². The highest BCUT2D eigenvalue weighted by atomic mass is 15.2. The van der Waals surface area contributed by atoms with E-state index in [9.17, 15) is 0 Å². The van der Waals surface area contributed by atoms with Gasteiger partial charge in [-0.3, -0.25) is 4.90 Å². The summed E-state index contributed by atoms with van der Waals surface area (Å²) < 4.78 is 0. The van der Waals surface area contributed by atoms with Gasteiger partial charge in [-0.1, -0.05) is 32.6 Å². The minimum absolute atomic E-state index is 0.129. The van der Waals surface area contributed by atoms with E-state index < -0.39 is 0 Å². The summed E-state index contributed by atoms with van der Waals surface area (Å²) in [4.78, 5) is 2.77. The van der Waals surface area contributed by atoms with Gasteiger partial charge in [0.15, 0.2) is 0 Å². The lowest BCUT2D eigenvalue weighted by Gasteiger charge is -2.42. The van der Waals surface area contributed by atoms with Gasteiger partial charge in [-0.25, -0.2) is 0 Å². The maximum Gasteiger partial charge on any atom is 0.0286 e. The highest BCUT2D eigenvalue weighted by Crippen LogP contribution is 2.38. The van der Waals surface area contributed by atoms with E-state index in [2.05, 4.69) is 11.8 Å². The van der Waals surface area contributed by atoms with Gasteiger partial charge in [-0.15, -0.1) is 0 Å². The van der Waals surface area contributed by atoms with Gasteiger partial charge in [0.2, 0.25) is 0 Å². The first kappa shape index (κ1) is 12.9. The number of hydrogen-bond acceptors (Lipinski definition) is 2. The molecule has 1 saturated heterocycles. The van der Waals surface area contributed by atoms with Gasteiger partial charge in [0, 0.05) is 18.1 Å². The molecule has 2 aliphatic carbocycles. The van der Waals surface area contributed by atoms with Crippen LogP contribution >= 0.6 is 0 Å². The van der Waals surface area contributed by atoms with Crippen LogP contribution in [0.3, 0.4) is 0 Å². The Morgan fingerprint density at radius 3 is 2.78 bits per heavy atom. The Kier molecular flexibility index (Phi) is 3.68. The molecule has 2 heteroatoms. The summed E-state index contributed by atoms with van der Waals surface area (Å²) in [6.45, 7) is 4.88. The largest absolute Gasteiger partial charge is 0.324 e. The third kappa shape index (κ3) is 2.60. The van der Waals surface area contributed by atoms with Gasteiger partial charge < -0.3 is 5.73 Å². The highest BCUT2D eigenvalue weighted by molar-refractivity contribution is 4.97. The smallest absolute Gasteiger partial charge is 0.0286 e. The quantitative estimate of drug-likeness (QED) is 0.815. The zero-order valence-electron chi connectivity index (χ0n) is 12.0. The van der Waals surface area contributed by atoms with Crippen LogP contribution in [-0.2, 0) is 0 Å². The molecule has 0 aromatic rings. The second-order valence-electron chi connectivity index (χ2n) is 7.43. The second-order valence-corrected chi connectivity index (χ2v) is 7.43. The topological polar surface area (TPSA) is 29.3 Å². The molecule has 2 nitrogen and oxygen atoms in total. The fraction of sp³-hybridized carbons (Fsp3) is 1.00. The molecule has 1 aliphatic heterocycles. The Hall–Kier alpha value is -0.0800. The maximum absolute atomic E-state index is 6.71. The lowest BCUT2D eigenvalue weighted by atomic mass is 9.76. The Morgan fingerprint density at radius 1 is 1.11 bits per heavy atom. The molecule has 3 fully saturated rings. The van der Waals surface area contributed by atoms with Crippen LogP contribution in [0.2, 0.25) is 0 Å². The van der Waals surface area contributed by atoms with Crippen molar-refractivity contribution in [3.8, 4) is 0 Å². The van der Waals surface area contributed by atoms with E-state index in [1.54, 1.807) is 0 Å². The first-order valence-electron chi connectivity index (χ1n) is 8.19. The lowest BCUT2D eigenvalue weighted by Crippen LogP contribution is -2.54. The van der Waals surface area contributed by atoms with Gasteiger partial charge >= 0.3 is 0 Å². The van der Waals surface area contributed by atoms with Crippen LogP contribution < -0.4 is 5.73 Å². The molecule has 1 heterocycles. The molecule has 2 saturated carbocycles. The Morgan fingerprint density at radius 2 is 1.94 bits per heavy atom. The number of hydrogen-bond donors (Lipinski definition) is 1. The Labute approximate surface area is 112 Å². The fourth-order valence-electron chi connectivity index (χ4n) is 4.95. The number of nitrogens with two attached hydrogens (primary N) is 1. The van der Waals surface area contributed by atoms with Gasteiger partial charge in [-0.05, 0) is 50.5 Å². The minimum Gasteiger partial charge on any atom is -0.324 e. The third-order valence-corrected chi connectivity index (χ3v) is 5.77. The minimum atomic E-state index is 0.129. The summed E-state index contributed by atoms with van der Waals surface area (Å²) >= 11 is 0. The van der Waals surface area contributed by atoms with Crippen molar-refractivity contribution in [2.75, 3.05) is 13.1 Å². The average Bonchev–Trinajstić information content (AvgIpc) is 2.72. The summed E-state index contributed by atoms with van der Waals surface area (Å²) in [5.41, 5.74) is 6.84. The van der Waals surface area contributed by atoms with Gasteiger partial charge in [-0.2, -0.15) is 0 Å². The molecule has 3 rings (SSSR count). The molecular formula is C16H30N2. The summed E-state index contributed by atoms with van der Waals surface area (Å²) in [6, 6.07) is 0.886. The summed E-state index contributed by atoms with van der Waals surface area (Å²) in [6.07, 6.45) is 12.5. The molecular weight excluding hydrogens is 220 g/mol. The number of rotatable bonds is 2. The molecule has 0 aromatic carbocycles. The van der Waals surface area contributed by atoms with Crippen LogP contribution in [0.1, 0.15) is 64.7 Å². The van der Waals surface area contributed by atoms with Crippen LogP contribution in [0.25, 0.3) is 0 Å². The number of likely N-dealkylation sites (tertiary alicyclic amines) is 1. The van der Waals surface area contributed by atoms with Crippen molar-refractivity contribution in [3.63, 3.8) is 0 Å². The second kappa shape index (κ2) is 5.13. The summed E-state index contributed by atoms with van der Waals surface area (Å²) in [5, 5.41) is 0. The fourth-order valence-corrected chi connectivity index (χ4v) is 4.95. The predicted molar refractivity (Wildman–Crippen MR) is 76.5 cm³/mol. The highest BCUT2D eigenvalue weighted by Gasteiger charge is 2.40. The summed E-state index contributed by atoms with van der Waals surface area (Å²) in [7, 11) is 0. The molecule has 0 aromatic heterocycles. The lowest BCUT2D eigenvalue weighted by molar-refractivity contribution is 0.116. The molecule has 3 aliphatic rings. The molecule has 18 heavy (non-hydrogen) atoms. The van der Waals surface area contributed by atoms with Crippen LogP contribution in [0.4, 0.5) is 0 Å².